The van der Waals surface area contributed by atoms with Crippen molar-refractivity contribution in [3.05, 3.63) is 51.3 Å². The summed E-state index contributed by atoms with van der Waals surface area (Å²) < 4.78 is 18.8. The van der Waals surface area contributed by atoms with Crippen LogP contribution in [0.5, 0.6) is 5.75 Å². The third-order valence-electron chi connectivity index (χ3n) is 2.67. The lowest BCUT2D eigenvalue weighted by Crippen LogP contribution is -2.14. The summed E-state index contributed by atoms with van der Waals surface area (Å²) in [5, 5.41) is 2.71. The largest absolute Gasteiger partial charge is 0.494 e. The number of ether oxygens (including phenoxy) is 1. The molecule has 6 heteroatoms. The maximum atomic E-state index is 13.0. The molecule has 2 aromatic carbocycles. The molecule has 20 heavy (non-hydrogen) atoms. The van der Waals surface area contributed by atoms with Crippen LogP contribution in [0, 0.1) is 9.39 Å². The minimum absolute atomic E-state index is 0.321. The number of hydrogen-bond donors (Lipinski definition) is 2. The molecule has 0 aliphatic carbocycles. The standard InChI is InChI=1S/C14H12FIN2O2/c1-20-13-9(3-2-4-11(13)17)14(19)18-12-6-5-8(15)7-10(12)16/h2-7H,17H2,1H3,(H,18,19). The number of hydrogen-bond acceptors (Lipinski definition) is 3. The number of para-hydroxylation sites is 1. The Hall–Kier alpha value is -1.83. The van der Waals surface area contributed by atoms with Crippen molar-refractivity contribution in [2.24, 2.45) is 0 Å². The van der Waals surface area contributed by atoms with E-state index in [1.54, 1.807) is 18.2 Å². The summed E-state index contributed by atoms with van der Waals surface area (Å²) in [6, 6.07) is 9.06. The lowest BCUT2D eigenvalue weighted by atomic mass is 10.1. The van der Waals surface area contributed by atoms with Gasteiger partial charge in [0.2, 0.25) is 0 Å². The van der Waals surface area contributed by atoms with Gasteiger partial charge in [0.25, 0.3) is 5.91 Å². The summed E-state index contributed by atoms with van der Waals surface area (Å²) in [5.74, 6) is -0.394. The molecule has 0 radical (unpaired) electrons. The molecule has 104 valence electrons. The molecule has 2 aromatic rings. The van der Waals surface area contributed by atoms with Crippen LogP contribution >= 0.6 is 22.6 Å². The summed E-state index contributed by atoms with van der Waals surface area (Å²) in [6.07, 6.45) is 0. The van der Waals surface area contributed by atoms with E-state index < -0.39 is 0 Å². The van der Waals surface area contributed by atoms with Gasteiger partial charge in [-0.2, -0.15) is 0 Å². The van der Waals surface area contributed by atoms with Gasteiger partial charge in [-0.25, -0.2) is 4.39 Å². The van der Waals surface area contributed by atoms with Crippen LogP contribution in [-0.4, -0.2) is 13.0 Å². The summed E-state index contributed by atoms with van der Waals surface area (Å²) in [4.78, 5) is 12.2. The number of amides is 1. The summed E-state index contributed by atoms with van der Waals surface area (Å²) >= 11 is 1.95. The number of carbonyl (C=O) groups excluding carboxylic acids is 1. The Balaban J connectivity index is 2.31. The van der Waals surface area contributed by atoms with Crippen molar-refractivity contribution in [2.75, 3.05) is 18.2 Å². The first-order valence-corrected chi connectivity index (χ1v) is 6.79. The highest BCUT2D eigenvalue weighted by Gasteiger charge is 2.15. The SMILES string of the molecule is COc1c(N)cccc1C(=O)Nc1ccc(F)cc1I. The van der Waals surface area contributed by atoms with Gasteiger partial charge in [0, 0.05) is 3.57 Å². The maximum Gasteiger partial charge on any atom is 0.259 e. The molecule has 0 aromatic heterocycles. The van der Waals surface area contributed by atoms with Crippen molar-refractivity contribution >= 4 is 39.9 Å². The molecule has 0 aliphatic heterocycles. The fourth-order valence-electron chi connectivity index (χ4n) is 1.74. The average molecular weight is 386 g/mol. The van der Waals surface area contributed by atoms with Crippen LogP contribution in [0.3, 0.4) is 0 Å². The first kappa shape index (κ1) is 14.6. The monoisotopic (exact) mass is 386 g/mol. The minimum Gasteiger partial charge on any atom is -0.494 e. The Morgan fingerprint density at radius 3 is 2.75 bits per heavy atom. The molecule has 0 fully saturated rings. The molecule has 2 rings (SSSR count). The number of halogens is 2. The number of nitrogen functional groups attached to an aromatic ring is 1. The van der Waals surface area contributed by atoms with E-state index in [9.17, 15) is 9.18 Å². The predicted octanol–water partition coefficient (Wildman–Crippen LogP) is 3.27. The van der Waals surface area contributed by atoms with E-state index >= 15 is 0 Å². The Bertz CT molecular complexity index is 662. The fraction of sp³-hybridized carbons (Fsp3) is 0.0714. The van der Waals surface area contributed by atoms with Crippen molar-refractivity contribution in [1.82, 2.24) is 0 Å². The third kappa shape index (κ3) is 3.01. The molecule has 0 saturated carbocycles. The van der Waals surface area contributed by atoms with Gasteiger partial charge in [-0.1, -0.05) is 6.07 Å². The number of rotatable bonds is 3. The highest BCUT2D eigenvalue weighted by atomic mass is 127. The van der Waals surface area contributed by atoms with E-state index in [0.717, 1.165) is 0 Å². The summed E-state index contributed by atoms with van der Waals surface area (Å²) in [5.41, 5.74) is 7.00. The van der Waals surface area contributed by atoms with Crippen LogP contribution < -0.4 is 15.8 Å². The van der Waals surface area contributed by atoms with Crippen LogP contribution in [0.1, 0.15) is 10.4 Å². The average Bonchev–Trinajstić information content (AvgIpc) is 2.41. The zero-order chi connectivity index (χ0) is 14.7. The van der Waals surface area contributed by atoms with Gasteiger partial charge >= 0.3 is 0 Å². The zero-order valence-corrected chi connectivity index (χ0v) is 12.8. The molecule has 0 saturated heterocycles. The van der Waals surface area contributed by atoms with E-state index in [1.165, 1.54) is 25.3 Å². The minimum atomic E-state index is -0.362. The lowest BCUT2D eigenvalue weighted by Gasteiger charge is -2.12. The number of methoxy groups -OCH3 is 1. The van der Waals surface area contributed by atoms with Gasteiger partial charge in [-0.15, -0.1) is 0 Å². The topological polar surface area (TPSA) is 64.3 Å². The Kier molecular flexibility index (Phi) is 4.43. The molecular formula is C14H12FIN2O2. The molecule has 0 heterocycles. The second-order valence-corrected chi connectivity index (χ2v) is 5.17. The van der Waals surface area contributed by atoms with Crippen molar-refractivity contribution in [2.45, 2.75) is 0 Å². The Labute approximate surface area is 129 Å². The normalized spacial score (nSPS) is 10.2. The quantitative estimate of drug-likeness (QED) is 0.629. The summed E-state index contributed by atoms with van der Waals surface area (Å²) in [7, 11) is 1.45. The van der Waals surface area contributed by atoms with Crippen LogP contribution in [0.4, 0.5) is 15.8 Å². The second-order valence-electron chi connectivity index (χ2n) is 4.01. The third-order valence-corrected chi connectivity index (χ3v) is 3.57. The Morgan fingerprint density at radius 1 is 1.35 bits per heavy atom. The predicted molar refractivity (Wildman–Crippen MR) is 84.5 cm³/mol. The van der Waals surface area contributed by atoms with Crippen LogP contribution in [-0.2, 0) is 0 Å². The van der Waals surface area contributed by atoms with Crippen LogP contribution in [0.25, 0.3) is 0 Å². The molecule has 0 unspecified atom stereocenters. The first-order chi connectivity index (χ1) is 9.52. The first-order valence-electron chi connectivity index (χ1n) is 5.72. The number of anilines is 2. The Morgan fingerprint density at radius 2 is 2.10 bits per heavy atom. The summed E-state index contributed by atoms with van der Waals surface area (Å²) in [6.45, 7) is 0. The van der Waals surface area contributed by atoms with Crippen molar-refractivity contribution in [3.63, 3.8) is 0 Å². The molecule has 0 spiro atoms. The van der Waals surface area contributed by atoms with Gasteiger partial charge in [-0.3, -0.25) is 4.79 Å². The second kappa shape index (κ2) is 6.08. The van der Waals surface area contributed by atoms with E-state index in [-0.39, 0.29) is 11.7 Å². The maximum absolute atomic E-state index is 13.0. The van der Waals surface area contributed by atoms with Gasteiger partial charge in [-0.05, 0) is 52.9 Å². The number of carbonyl (C=O) groups is 1. The highest BCUT2D eigenvalue weighted by Crippen LogP contribution is 2.27. The van der Waals surface area contributed by atoms with Crippen molar-refractivity contribution < 1.29 is 13.9 Å². The van der Waals surface area contributed by atoms with E-state index in [1.807, 2.05) is 22.6 Å². The molecule has 1 amide bonds. The van der Waals surface area contributed by atoms with Gasteiger partial charge < -0.3 is 15.8 Å². The molecule has 4 nitrogen and oxygen atoms in total. The van der Waals surface area contributed by atoms with Gasteiger partial charge in [0.1, 0.15) is 5.82 Å². The molecule has 0 aliphatic rings. The van der Waals surface area contributed by atoms with Gasteiger partial charge in [0.05, 0.1) is 24.0 Å². The zero-order valence-electron chi connectivity index (χ0n) is 10.6. The smallest absolute Gasteiger partial charge is 0.259 e. The molecule has 0 bridgehead atoms. The molecular weight excluding hydrogens is 374 g/mol. The number of nitrogens with two attached hydrogens (primary N) is 1. The van der Waals surface area contributed by atoms with Crippen molar-refractivity contribution in [1.29, 1.82) is 0 Å². The fourth-order valence-corrected chi connectivity index (χ4v) is 2.35. The van der Waals surface area contributed by atoms with E-state index in [4.69, 9.17) is 10.5 Å². The lowest BCUT2D eigenvalue weighted by molar-refractivity contribution is 0.102. The number of nitrogens with one attached hydrogen (secondary N) is 1. The molecule has 0 atom stereocenters. The van der Waals surface area contributed by atoms with Crippen LogP contribution in [0.15, 0.2) is 36.4 Å². The number of benzene rings is 2. The highest BCUT2D eigenvalue weighted by molar-refractivity contribution is 14.1. The van der Waals surface area contributed by atoms with Gasteiger partial charge in [0.15, 0.2) is 5.75 Å². The van der Waals surface area contributed by atoms with E-state index in [0.29, 0.717) is 26.3 Å². The van der Waals surface area contributed by atoms with Crippen molar-refractivity contribution in [3.8, 4) is 5.75 Å². The van der Waals surface area contributed by atoms with E-state index in [2.05, 4.69) is 5.32 Å². The molecule has 3 N–H and O–H groups in total. The van der Waals surface area contributed by atoms with Crippen LogP contribution in [0.2, 0.25) is 0 Å².